The second-order valence-electron chi connectivity index (χ2n) is 7.01. The second kappa shape index (κ2) is 5.53. The van der Waals surface area contributed by atoms with Crippen LogP contribution in [-0.4, -0.2) is 25.7 Å². The van der Waals surface area contributed by atoms with Crippen LogP contribution in [0.2, 0.25) is 0 Å². The maximum absolute atomic E-state index is 14.6. The van der Waals surface area contributed by atoms with Crippen molar-refractivity contribution in [3.63, 3.8) is 0 Å². The Morgan fingerprint density at radius 2 is 1.48 bits per heavy atom. The SMILES string of the molecule is Cc1ccc(S(=O)(=O)CC2(Oc3ccccc3)C(C)(C)C2(F)F)cc1. The van der Waals surface area contributed by atoms with E-state index in [1.54, 1.807) is 42.5 Å². The van der Waals surface area contributed by atoms with E-state index in [-0.39, 0.29) is 10.6 Å². The minimum Gasteiger partial charge on any atom is -0.479 e. The van der Waals surface area contributed by atoms with Crippen molar-refractivity contribution in [1.82, 2.24) is 0 Å². The molecule has 0 aromatic heterocycles. The summed E-state index contributed by atoms with van der Waals surface area (Å²) in [7, 11) is -3.94. The summed E-state index contributed by atoms with van der Waals surface area (Å²) in [5.74, 6) is -3.81. The van der Waals surface area contributed by atoms with Crippen molar-refractivity contribution < 1.29 is 21.9 Å². The lowest BCUT2D eigenvalue weighted by molar-refractivity contribution is 0.0181. The van der Waals surface area contributed by atoms with E-state index in [1.165, 1.54) is 26.0 Å². The lowest BCUT2D eigenvalue weighted by atomic mass is 10.1. The molecule has 1 saturated carbocycles. The first-order chi connectivity index (χ1) is 11.5. The van der Waals surface area contributed by atoms with Gasteiger partial charge in [0.15, 0.2) is 15.4 Å². The molecule has 0 spiro atoms. The third kappa shape index (κ3) is 2.63. The van der Waals surface area contributed by atoms with Gasteiger partial charge in [0.1, 0.15) is 11.5 Å². The maximum atomic E-state index is 14.6. The Morgan fingerprint density at radius 1 is 0.960 bits per heavy atom. The Kier molecular flexibility index (Phi) is 3.95. The van der Waals surface area contributed by atoms with Crippen LogP contribution < -0.4 is 4.74 Å². The molecule has 134 valence electrons. The molecule has 2 aromatic rings. The summed E-state index contributed by atoms with van der Waals surface area (Å²) in [4.78, 5) is 0.0210. The third-order valence-electron chi connectivity index (χ3n) is 5.05. The highest BCUT2D eigenvalue weighted by atomic mass is 32.2. The van der Waals surface area contributed by atoms with Crippen LogP contribution in [0.25, 0.3) is 0 Å². The van der Waals surface area contributed by atoms with Crippen molar-refractivity contribution in [3.05, 3.63) is 60.2 Å². The molecule has 0 saturated heterocycles. The summed E-state index contributed by atoms with van der Waals surface area (Å²) in [5, 5.41) is 0. The number of hydrogen-bond acceptors (Lipinski definition) is 3. The summed E-state index contributed by atoms with van der Waals surface area (Å²) < 4.78 is 60.4. The number of ether oxygens (including phenoxy) is 1. The number of rotatable bonds is 5. The van der Waals surface area contributed by atoms with Gasteiger partial charge in [0.2, 0.25) is 0 Å². The van der Waals surface area contributed by atoms with E-state index in [9.17, 15) is 17.2 Å². The van der Waals surface area contributed by atoms with Crippen LogP contribution in [0.3, 0.4) is 0 Å². The van der Waals surface area contributed by atoms with Crippen LogP contribution in [0.5, 0.6) is 5.75 Å². The molecule has 0 amide bonds. The monoisotopic (exact) mass is 366 g/mol. The van der Waals surface area contributed by atoms with E-state index >= 15 is 0 Å². The van der Waals surface area contributed by atoms with Crippen molar-refractivity contribution in [2.24, 2.45) is 5.41 Å². The topological polar surface area (TPSA) is 43.4 Å². The Morgan fingerprint density at radius 3 is 1.96 bits per heavy atom. The summed E-state index contributed by atoms with van der Waals surface area (Å²) in [6.07, 6.45) is 0. The van der Waals surface area contributed by atoms with Crippen LogP contribution >= 0.6 is 0 Å². The van der Waals surface area contributed by atoms with Crippen molar-refractivity contribution in [2.45, 2.75) is 37.2 Å². The first-order valence-corrected chi connectivity index (χ1v) is 9.60. The van der Waals surface area contributed by atoms with Crippen molar-refractivity contribution in [1.29, 1.82) is 0 Å². The molecular formula is C19H20F2O3S. The summed E-state index contributed by atoms with van der Waals surface area (Å²) in [5.41, 5.74) is -2.79. The molecule has 1 aliphatic carbocycles. The van der Waals surface area contributed by atoms with Crippen LogP contribution in [0.4, 0.5) is 8.78 Å². The molecule has 3 rings (SSSR count). The van der Waals surface area contributed by atoms with Gasteiger partial charge < -0.3 is 4.74 Å². The summed E-state index contributed by atoms with van der Waals surface area (Å²) in [6.45, 7) is 4.50. The number of hydrogen-bond donors (Lipinski definition) is 0. The quantitative estimate of drug-likeness (QED) is 0.794. The van der Waals surface area contributed by atoms with Crippen LogP contribution in [-0.2, 0) is 9.84 Å². The molecule has 0 bridgehead atoms. The van der Waals surface area contributed by atoms with Gasteiger partial charge in [-0.15, -0.1) is 0 Å². The summed E-state index contributed by atoms with van der Waals surface area (Å²) >= 11 is 0. The third-order valence-corrected chi connectivity index (χ3v) is 6.82. The molecule has 1 fully saturated rings. The first-order valence-electron chi connectivity index (χ1n) is 7.95. The van der Waals surface area contributed by atoms with E-state index in [1.807, 2.05) is 6.92 Å². The Hall–Kier alpha value is -1.95. The molecule has 2 aromatic carbocycles. The average Bonchev–Trinajstić information content (AvgIpc) is 2.85. The van der Waals surface area contributed by atoms with E-state index in [0.717, 1.165) is 5.56 Å². The second-order valence-corrected chi connectivity index (χ2v) is 9.00. The van der Waals surface area contributed by atoms with Crippen LogP contribution in [0, 0.1) is 12.3 Å². The zero-order valence-electron chi connectivity index (χ0n) is 14.3. The van der Waals surface area contributed by atoms with Crippen molar-refractivity contribution in [3.8, 4) is 5.75 Å². The molecule has 6 heteroatoms. The number of aryl methyl sites for hydroxylation is 1. The molecule has 1 unspecified atom stereocenters. The first kappa shape index (κ1) is 17.9. The number of benzene rings is 2. The molecular weight excluding hydrogens is 346 g/mol. The molecule has 25 heavy (non-hydrogen) atoms. The van der Waals surface area contributed by atoms with Crippen LogP contribution in [0.15, 0.2) is 59.5 Å². The predicted octanol–water partition coefficient (Wildman–Crippen LogP) is 4.26. The van der Waals surface area contributed by atoms with Gasteiger partial charge in [-0.3, -0.25) is 0 Å². The fourth-order valence-corrected chi connectivity index (χ4v) is 4.95. The molecule has 0 N–H and O–H groups in total. The largest absolute Gasteiger partial charge is 0.479 e. The van der Waals surface area contributed by atoms with Gasteiger partial charge in [0, 0.05) is 0 Å². The van der Waals surface area contributed by atoms with Gasteiger partial charge in [0.25, 0.3) is 5.92 Å². The standard InChI is InChI=1S/C19H20F2O3S/c1-14-9-11-16(12-10-14)25(22,23)13-18(17(2,3)19(18,20)21)24-15-7-5-4-6-8-15/h4-12H,13H2,1-3H3. The smallest absolute Gasteiger partial charge is 0.297 e. The van der Waals surface area contributed by atoms with Gasteiger partial charge in [0.05, 0.1) is 10.3 Å². The highest BCUT2D eigenvalue weighted by Gasteiger charge is 2.90. The number of alkyl halides is 2. The van der Waals surface area contributed by atoms with Gasteiger partial charge in [-0.05, 0) is 45.0 Å². The predicted molar refractivity (Wildman–Crippen MR) is 91.8 cm³/mol. The minimum absolute atomic E-state index is 0.0210. The Balaban J connectivity index is 1.99. The lowest BCUT2D eigenvalue weighted by Crippen LogP contribution is -2.37. The van der Waals surface area contributed by atoms with Crippen molar-refractivity contribution in [2.75, 3.05) is 5.75 Å². The molecule has 1 atom stereocenters. The maximum Gasteiger partial charge on any atom is 0.297 e. The van der Waals surface area contributed by atoms with Gasteiger partial charge >= 0.3 is 0 Å². The summed E-state index contributed by atoms with van der Waals surface area (Å²) in [6, 6.07) is 14.3. The fraction of sp³-hybridized carbons (Fsp3) is 0.368. The van der Waals surface area contributed by atoms with E-state index in [0.29, 0.717) is 0 Å². The molecule has 3 nitrogen and oxygen atoms in total. The normalized spacial score (nSPS) is 23.9. The van der Waals surface area contributed by atoms with Crippen LogP contribution in [0.1, 0.15) is 19.4 Å². The Labute approximate surface area is 146 Å². The molecule has 0 radical (unpaired) electrons. The lowest BCUT2D eigenvalue weighted by Gasteiger charge is -2.21. The number of para-hydroxylation sites is 1. The zero-order chi connectivity index (χ0) is 18.5. The van der Waals surface area contributed by atoms with E-state index in [4.69, 9.17) is 4.74 Å². The van der Waals surface area contributed by atoms with Gasteiger partial charge in [-0.2, -0.15) is 0 Å². The number of sulfone groups is 1. The van der Waals surface area contributed by atoms with Gasteiger partial charge in [-0.25, -0.2) is 17.2 Å². The minimum atomic E-state index is -3.94. The Bertz CT molecular complexity index is 859. The highest BCUT2D eigenvalue weighted by molar-refractivity contribution is 7.91. The molecule has 0 aliphatic heterocycles. The molecule has 1 aliphatic rings. The van der Waals surface area contributed by atoms with E-state index < -0.39 is 32.5 Å². The number of halogens is 2. The van der Waals surface area contributed by atoms with E-state index in [2.05, 4.69) is 0 Å². The van der Waals surface area contributed by atoms with Gasteiger partial charge in [-0.1, -0.05) is 35.9 Å². The van der Waals surface area contributed by atoms with Crippen molar-refractivity contribution >= 4 is 9.84 Å². The molecule has 0 heterocycles. The zero-order valence-corrected chi connectivity index (χ0v) is 15.1. The average molecular weight is 366 g/mol. The highest BCUT2D eigenvalue weighted by Crippen LogP contribution is 2.70. The fourth-order valence-electron chi connectivity index (χ4n) is 3.09.